The molecular weight excluding hydrogens is 360 g/mol. The smallest absolute Gasteiger partial charge is 0.292 e. The standard InChI is InChI=1S/C17H18N2O6S/c1-10(20)18-13-7-11(5-6-14(13)19(21)22)26-12-8-15(23-2)17(25-4)16(9-12)24-3/h5-9H,1-4H3,(H,18,20). The zero-order valence-electron chi connectivity index (χ0n) is 14.7. The zero-order valence-corrected chi connectivity index (χ0v) is 15.5. The van der Waals surface area contributed by atoms with Gasteiger partial charge in [0, 0.05) is 22.8 Å². The number of carbonyl (C=O) groups excluding carboxylic acids is 1. The molecule has 0 heterocycles. The Morgan fingerprint density at radius 3 is 2.12 bits per heavy atom. The predicted molar refractivity (Wildman–Crippen MR) is 97.6 cm³/mol. The van der Waals surface area contributed by atoms with E-state index in [4.69, 9.17) is 14.2 Å². The minimum Gasteiger partial charge on any atom is -0.493 e. The quantitative estimate of drug-likeness (QED) is 0.579. The molecule has 2 aromatic rings. The summed E-state index contributed by atoms with van der Waals surface area (Å²) in [7, 11) is 4.56. The van der Waals surface area contributed by atoms with Gasteiger partial charge in [0.2, 0.25) is 11.7 Å². The number of benzene rings is 2. The summed E-state index contributed by atoms with van der Waals surface area (Å²) in [6.45, 7) is 1.29. The lowest BCUT2D eigenvalue weighted by Gasteiger charge is -2.14. The van der Waals surface area contributed by atoms with Gasteiger partial charge in [-0.25, -0.2) is 0 Å². The summed E-state index contributed by atoms with van der Waals surface area (Å²) in [6.07, 6.45) is 0. The Kier molecular flexibility index (Phi) is 6.29. The van der Waals surface area contributed by atoms with Gasteiger partial charge < -0.3 is 19.5 Å². The molecular formula is C17H18N2O6S. The Morgan fingerprint density at radius 2 is 1.65 bits per heavy atom. The summed E-state index contributed by atoms with van der Waals surface area (Å²) in [6, 6.07) is 8.05. The third-order valence-corrected chi connectivity index (χ3v) is 4.31. The highest BCUT2D eigenvalue weighted by atomic mass is 32.2. The predicted octanol–water partition coefficient (Wildman–Crippen LogP) is 3.73. The molecule has 0 aliphatic carbocycles. The fraction of sp³-hybridized carbons (Fsp3) is 0.235. The van der Waals surface area contributed by atoms with Crippen molar-refractivity contribution in [3.8, 4) is 17.2 Å². The highest BCUT2D eigenvalue weighted by Gasteiger charge is 2.17. The minimum atomic E-state index is -0.543. The Labute approximate surface area is 154 Å². The molecule has 0 saturated carbocycles. The molecule has 26 heavy (non-hydrogen) atoms. The molecule has 0 spiro atoms. The monoisotopic (exact) mass is 378 g/mol. The van der Waals surface area contributed by atoms with E-state index in [2.05, 4.69) is 5.32 Å². The first-order valence-electron chi connectivity index (χ1n) is 7.43. The van der Waals surface area contributed by atoms with E-state index in [1.807, 2.05) is 0 Å². The summed E-state index contributed by atoms with van der Waals surface area (Å²) in [4.78, 5) is 23.4. The second-order valence-corrected chi connectivity index (χ2v) is 6.23. The van der Waals surface area contributed by atoms with Gasteiger partial charge in [0.15, 0.2) is 11.5 Å². The normalized spacial score (nSPS) is 10.2. The molecule has 8 nitrogen and oxygen atoms in total. The van der Waals surface area contributed by atoms with Crippen molar-refractivity contribution in [2.24, 2.45) is 0 Å². The van der Waals surface area contributed by atoms with Crippen molar-refractivity contribution < 1.29 is 23.9 Å². The van der Waals surface area contributed by atoms with Gasteiger partial charge in [-0.05, 0) is 24.3 Å². The maximum atomic E-state index is 11.3. The number of hydrogen-bond donors (Lipinski definition) is 1. The van der Waals surface area contributed by atoms with Gasteiger partial charge >= 0.3 is 0 Å². The number of nitro benzene ring substituents is 1. The SMILES string of the molecule is COc1cc(Sc2ccc([N+](=O)[O-])c(NC(C)=O)c2)cc(OC)c1OC. The van der Waals surface area contributed by atoms with Gasteiger partial charge in [-0.2, -0.15) is 0 Å². The number of carbonyl (C=O) groups is 1. The molecule has 2 rings (SSSR count). The van der Waals surface area contributed by atoms with E-state index in [0.29, 0.717) is 22.1 Å². The van der Waals surface area contributed by atoms with Crippen LogP contribution >= 0.6 is 11.8 Å². The van der Waals surface area contributed by atoms with Crippen LogP contribution in [0, 0.1) is 10.1 Å². The van der Waals surface area contributed by atoms with E-state index in [0.717, 1.165) is 4.90 Å². The van der Waals surface area contributed by atoms with E-state index in [-0.39, 0.29) is 17.3 Å². The Hall–Kier alpha value is -2.94. The molecule has 0 aliphatic rings. The van der Waals surface area contributed by atoms with Gasteiger partial charge in [-0.15, -0.1) is 0 Å². The number of nitro groups is 1. The van der Waals surface area contributed by atoms with Crippen LogP contribution in [-0.4, -0.2) is 32.2 Å². The van der Waals surface area contributed by atoms with Crippen LogP contribution in [-0.2, 0) is 4.79 Å². The number of anilines is 1. The van der Waals surface area contributed by atoms with Crippen LogP contribution in [0.1, 0.15) is 6.92 Å². The fourth-order valence-corrected chi connectivity index (χ4v) is 3.20. The number of methoxy groups -OCH3 is 3. The molecule has 0 saturated heterocycles. The summed E-state index contributed by atoms with van der Waals surface area (Å²) >= 11 is 1.34. The van der Waals surface area contributed by atoms with Gasteiger partial charge in [0.25, 0.3) is 5.69 Å². The molecule has 0 radical (unpaired) electrons. The highest BCUT2D eigenvalue weighted by Crippen LogP contribution is 2.43. The maximum absolute atomic E-state index is 11.3. The number of hydrogen-bond acceptors (Lipinski definition) is 7. The van der Waals surface area contributed by atoms with Crippen LogP contribution in [0.25, 0.3) is 0 Å². The topological polar surface area (TPSA) is 99.9 Å². The summed E-state index contributed by atoms with van der Waals surface area (Å²) in [5, 5.41) is 13.6. The number of amides is 1. The lowest BCUT2D eigenvalue weighted by molar-refractivity contribution is -0.384. The second-order valence-electron chi connectivity index (χ2n) is 5.08. The van der Waals surface area contributed by atoms with Gasteiger partial charge in [-0.1, -0.05) is 11.8 Å². The molecule has 0 atom stereocenters. The Bertz CT molecular complexity index is 815. The largest absolute Gasteiger partial charge is 0.493 e. The molecule has 2 aromatic carbocycles. The van der Waals surface area contributed by atoms with E-state index in [1.54, 1.807) is 24.3 Å². The highest BCUT2D eigenvalue weighted by molar-refractivity contribution is 7.99. The van der Waals surface area contributed by atoms with Crippen LogP contribution < -0.4 is 19.5 Å². The van der Waals surface area contributed by atoms with E-state index < -0.39 is 4.92 Å². The third-order valence-electron chi connectivity index (χ3n) is 3.35. The first-order valence-corrected chi connectivity index (χ1v) is 8.25. The van der Waals surface area contributed by atoms with Crippen LogP contribution in [0.3, 0.4) is 0 Å². The fourth-order valence-electron chi connectivity index (χ4n) is 2.28. The van der Waals surface area contributed by atoms with Crippen LogP contribution in [0.5, 0.6) is 17.2 Å². The summed E-state index contributed by atoms with van der Waals surface area (Å²) < 4.78 is 15.9. The molecule has 1 N–H and O–H groups in total. The van der Waals surface area contributed by atoms with Crippen LogP contribution in [0.4, 0.5) is 11.4 Å². The van der Waals surface area contributed by atoms with Crippen molar-refractivity contribution in [3.05, 3.63) is 40.4 Å². The van der Waals surface area contributed by atoms with E-state index >= 15 is 0 Å². The summed E-state index contributed by atoms with van der Waals surface area (Å²) in [5.74, 6) is 1.08. The molecule has 0 aliphatic heterocycles. The molecule has 0 unspecified atom stereocenters. The number of nitrogens with zero attached hydrogens (tertiary/aromatic N) is 1. The van der Waals surface area contributed by atoms with Crippen LogP contribution in [0.15, 0.2) is 40.1 Å². The van der Waals surface area contributed by atoms with E-state index in [1.165, 1.54) is 46.1 Å². The Balaban J connectivity index is 2.41. The van der Waals surface area contributed by atoms with Crippen molar-refractivity contribution in [1.29, 1.82) is 0 Å². The molecule has 0 bridgehead atoms. The van der Waals surface area contributed by atoms with Crippen molar-refractivity contribution in [3.63, 3.8) is 0 Å². The first kappa shape index (κ1) is 19.4. The molecule has 1 amide bonds. The summed E-state index contributed by atoms with van der Waals surface area (Å²) in [5.41, 5.74) is -0.0330. The number of rotatable bonds is 7. The Morgan fingerprint density at radius 1 is 1.04 bits per heavy atom. The molecule has 138 valence electrons. The van der Waals surface area contributed by atoms with Gasteiger partial charge in [-0.3, -0.25) is 14.9 Å². The minimum absolute atomic E-state index is 0.139. The molecule has 0 aromatic heterocycles. The van der Waals surface area contributed by atoms with Gasteiger partial charge in [0.05, 0.1) is 26.3 Å². The van der Waals surface area contributed by atoms with Crippen molar-refractivity contribution >= 4 is 29.0 Å². The third kappa shape index (κ3) is 4.37. The van der Waals surface area contributed by atoms with Crippen molar-refractivity contribution in [2.75, 3.05) is 26.6 Å². The van der Waals surface area contributed by atoms with Crippen molar-refractivity contribution in [1.82, 2.24) is 0 Å². The van der Waals surface area contributed by atoms with E-state index in [9.17, 15) is 14.9 Å². The molecule has 9 heteroatoms. The second kappa shape index (κ2) is 8.43. The maximum Gasteiger partial charge on any atom is 0.292 e. The molecule has 0 fully saturated rings. The lowest BCUT2D eigenvalue weighted by Crippen LogP contribution is -2.08. The average Bonchev–Trinajstić information content (AvgIpc) is 2.60. The number of nitrogens with one attached hydrogen (secondary N) is 1. The lowest BCUT2D eigenvalue weighted by atomic mass is 10.2. The van der Waals surface area contributed by atoms with Crippen molar-refractivity contribution in [2.45, 2.75) is 16.7 Å². The first-order chi connectivity index (χ1) is 12.4. The zero-order chi connectivity index (χ0) is 19.3. The number of ether oxygens (including phenoxy) is 3. The van der Waals surface area contributed by atoms with Gasteiger partial charge in [0.1, 0.15) is 5.69 Å². The van der Waals surface area contributed by atoms with Crippen LogP contribution in [0.2, 0.25) is 0 Å². The average molecular weight is 378 g/mol.